The summed E-state index contributed by atoms with van der Waals surface area (Å²) in [7, 11) is 1.88. The largest absolute Gasteiger partial charge is 0.379 e. The molecule has 4 aliphatic rings. The molecule has 6 heteroatoms. The number of benzene rings is 1. The van der Waals surface area contributed by atoms with E-state index >= 15 is 0 Å². The topological polar surface area (TPSA) is 58.1 Å². The molecule has 0 bridgehead atoms. The molecule has 4 fully saturated rings. The average Bonchev–Trinajstić information content (AvgIpc) is 3.14. The molecule has 5 rings (SSSR count). The van der Waals surface area contributed by atoms with Crippen LogP contribution in [0.1, 0.15) is 36.8 Å². The molecule has 0 radical (unpaired) electrons. The molecule has 1 aromatic carbocycles. The van der Waals surface area contributed by atoms with E-state index in [2.05, 4.69) is 44.8 Å². The molecule has 3 unspecified atom stereocenters. The van der Waals surface area contributed by atoms with Gasteiger partial charge in [-0.25, -0.2) is 0 Å². The molecule has 2 aliphatic heterocycles. The molecule has 3 atom stereocenters. The Balaban J connectivity index is 1.20. The van der Waals surface area contributed by atoms with Crippen LogP contribution in [-0.2, 0) is 22.6 Å². The number of nitrogens with zero attached hydrogens (tertiary/aromatic N) is 2. The van der Waals surface area contributed by atoms with E-state index < -0.39 is 0 Å². The Hall–Kier alpha value is -1.63. The van der Waals surface area contributed by atoms with Crippen LogP contribution in [0.5, 0.6) is 0 Å². The minimum Gasteiger partial charge on any atom is -0.379 e. The molecule has 158 valence electrons. The predicted molar refractivity (Wildman–Crippen MR) is 114 cm³/mol. The molecule has 6 nitrogen and oxygen atoms in total. The summed E-state index contributed by atoms with van der Waals surface area (Å²) in [6, 6.07) is 9.26. The molecule has 2 saturated heterocycles. The van der Waals surface area contributed by atoms with Crippen LogP contribution in [0.4, 0.5) is 0 Å². The maximum atomic E-state index is 6.06. The number of ether oxygens (including phenoxy) is 2. The van der Waals surface area contributed by atoms with Gasteiger partial charge in [-0.05, 0) is 30.4 Å². The van der Waals surface area contributed by atoms with Crippen LogP contribution in [0.2, 0.25) is 0 Å². The normalized spacial score (nSPS) is 31.1. The lowest BCUT2D eigenvalue weighted by molar-refractivity contribution is -0.171. The van der Waals surface area contributed by atoms with Crippen LogP contribution in [0.15, 0.2) is 29.3 Å². The molecule has 1 aromatic rings. The third-order valence-corrected chi connectivity index (χ3v) is 7.61. The predicted octanol–water partition coefficient (Wildman–Crippen LogP) is 2.14. The van der Waals surface area contributed by atoms with Gasteiger partial charge in [-0.3, -0.25) is 9.89 Å². The summed E-state index contributed by atoms with van der Waals surface area (Å²) in [5.41, 5.74) is 3.10. The first-order chi connectivity index (χ1) is 14.3. The molecule has 2 heterocycles. The SMILES string of the molecule is CN=C(NCc1ccccc1CN1CCOCC1)NC1C2CCOC2C12CCC2. The molecule has 2 N–H and O–H groups in total. The van der Waals surface area contributed by atoms with Gasteiger partial charge in [-0.2, -0.15) is 0 Å². The van der Waals surface area contributed by atoms with Crippen LogP contribution < -0.4 is 10.6 Å². The summed E-state index contributed by atoms with van der Waals surface area (Å²) < 4.78 is 11.5. The van der Waals surface area contributed by atoms with Gasteiger partial charge in [0.2, 0.25) is 0 Å². The van der Waals surface area contributed by atoms with Gasteiger partial charge >= 0.3 is 0 Å². The maximum absolute atomic E-state index is 6.06. The van der Waals surface area contributed by atoms with E-state index in [9.17, 15) is 0 Å². The van der Waals surface area contributed by atoms with Crippen molar-refractivity contribution < 1.29 is 9.47 Å². The second kappa shape index (κ2) is 8.25. The van der Waals surface area contributed by atoms with E-state index in [1.165, 1.54) is 36.8 Å². The zero-order chi connectivity index (χ0) is 19.7. The number of aliphatic imine (C=N–C) groups is 1. The Labute approximate surface area is 174 Å². The first kappa shape index (κ1) is 19.3. The van der Waals surface area contributed by atoms with E-state index in [1.807, 2.05) is 7.05 Å². The molecule has 2 aliphatic carbocycles. The zero-order valence-electron chi connectivity index (χ0n) is 17.5. The van der Waals surface area contributed by atoms with Gasteiger partial charge in [-0.1, -0.05) is 30.7 Å². The summed E-state index contributed by atoms with van der Waals surface area (Å²) in [6.07, 6.45) is 5.60. The first-order valence-corrected chi connectivity index (χ1v) is 11.3. The molecular weight excluding hydrogens is 364 g/mol. The Bertz CT molecular complexity index is 742. The van der Waals surface area contributed by atoms with E-state index in [-0.39, 0.29) is 0 Å². The Morgan fingerprint density at radius 3 is 2.69 bits per heavy atom. The third-order valence-electron chi connectivity index (χ3n) is 7.61. The van der Waals surface area contributed by atoms with Crippen molar-refractivity contribution >= 4 is 5.96 Å². The number of hydrogen-bond donors (Lipinski definition) is 2. The lowest BCUT2D eigenvalue weighted by Gasteiger charge is -2.63. The zero-order valence-corrected chi connectivity index (χ0v) is 17.5. The highest BCUT2D eigenvalue weighted by Gasteiger charge is 2.66. The number of nitrogens with one attached hydrogen (secondary N) is 2. The number of guanidine groups is 1. The van der Waals surface area contributed by atoms with Crippen LogP contribution >= 0.6 is 0 Å². The fraction of sp³-hybridized carbons (Fsp3) is 0.696. The summed E-state index contributed by atoms with van der Waals surface area (Å²) in [5.74, 6) is 1.58. The summed E-state index contributed by atoms with van der Waals surface area (Å²) in [5, 5.41) is 7.35. The molecule has 2 saturated carbocycles. The van der Waals surface area contributed by atoms with E-state index in [0.717, 1.165) is 52.0 Å². The summed E-state index contributed by atoms with van der Waals surface area (Å²) >= 11 is 0. The van der Waals surface area contributed by atoms with Crippen molar-refractivity contribution in [3.05, 3.63) is 35.4 Å². The highest BCUT2D eigenvalue weighted by molar-refractivity contribution is 5.80. The van der Waals surface area contributed by atoms with Gasteiger partial charge in [0.15, 0.2) is 5.96 Å². The maximum Gasteiger partial charge on any atom is 0.191 e. The van der Waals surface area contributed by atoms with E-state index in [0.29, 0.717) is 23.5 Å². The lowest BCUT2D eigenvalue weighted by atomic mass is 9.46. The molecule has 1 spiro atoms. The minimum atomic E-state index is 0.368. The molecule has 0 aromatic heterocycles. The average molecular weight is 399 g/mol. The Kier molecular flexibility index (Phi) is 5.50. The smallest absolute Gasteiger partial charge is 0.191 e. The van der Waals surface area contributed by atoms with E-state index in [4.69, 9.17) is 9.47 Å². The molecule has 0 amide bonds. The minimum absolute atomic E-state index is 0.368. The second-order valence-corrected chi connectivity index (χ2v) is 9.04. The molecular formula is C23H34N4O2. The van der Waals surface area contributed by atoms with Crippen molar-refractivity contribution in [1.82, 2.24) is 15.5 Å². The van der Waals surface area contributed by atoms with Gasteiger partial charge in [0, 0.05) is 57.2 Å². The quantitative estimate of drug-likeness (QED) is 0.588. The van der Waals surface area contributed by atoms with Crippen molar-refractivity contribution in [3.63, 3.8) is 0 Å². The number of fused-ring (bicyclic) bond motifs is 2. The third kappa shape index (κ3) is 3.56. The fourth-order valence-corrected chi connectivity index (χ4v) is 5.86. The van der Waals surface area contributed by atoms with Gasteiger partial charge in [0.25, 0.3) is 0 Å². The van der Waals surface area contributed by atoms with Gasteiger partial charge in [-0.15, -0.1) is 0 Å². The second-order valence-electron chi connectivity index (χ2n) is 9.04. The van der Waals surface area contributed by atoms with Crippen molar-refractivity contribution in [3.8, 4) is 0 Å². The molecule has 29 heavy (non-hydrogen) atoms. The number of hydrogen-bond acceptors (Lipinski definition) is 4. The highest BCUT2D eigenvalue weighted by atomic mass is 16.5. The first-order valence-electron chi connectivity index (χ1n) is 11.3. The van der Waals surface area contributed by atoms with Crippen molar-refractivity contribution in [2.45, 2.75) is 50.9 Å². The fourth-order valence-electron chi connectivity index (χ4n) is 5.86. The van der Waals surface area contributed by atoms with Gasteiger partial charge < -0.3 is 20.1 Å². The number of morpholine rings is 1. The Morgan fingerprint density at radius 1 is 1.17 bits per heavy atom. The van der Waals surface area contributed by atoms with Crippen LogP contribution in [0, 0.1) is 11.3 Å². The lowest BCUT2D eigenvalue weighted by Crippen LogP contribution is -2.72. The monoisotopic (exact) mass is 398 g/mol. The van der Waals surface area contributed by atoms with Crippen LogP contribution in [0.3, 0.4) is 0 Å². The van der Waals surface area contributed by atoms with Crippen molar-refractivity contribution in [1.29, 1.82) is 0 Å². The van der Waals surface area contributed by atoms with Crippen LogP contribution in [-0.4, -0.2) is 63.0 Å². The van der Waals surface area contributed by atoms with Gasteiger partial charge in [0.1, 0.15) is 0 Å². The standard InChI is InChI=1S/C23H34N4O2/c1-24-22(26-20-19-7-12-29-21(19)23(20)8-4-9-23)25-15-17-5-2-3-6-18(17)16-27-10-13-28-14-11-27/h2-3,5-6,19-21H,4,7-16H2,1H3,(H2,24,25,26). The summed E-state index contributed by atoms with van der Waals surface area (Å²) in [4.78, 5) is 7.01. The number of rotatable bonds is 5. The Morgan fingerprint density at radius 2 is 1.97 bits per heavy atom. The van der Waals surface area contributed by atoms with Crippen molar-refractivity contribution in [2.24, 2.45) is 16.3 Å². The summed E-state index contributed by atoms with van der Waals surface area (Å²) in [6.45, 7) is 6.41. The highest BCUT2D eigenvalue weighted by Crippen LogP contribution is 2.62. The van der Waals surface area contributed by atoms with Gasteiger partial charge in [0.05, 0.1) is 19.3 Å². The van der Waals surface area contributed by atoms with Crippen LogP contribution in [0.25, 0.3) is 0 Å². The van der Waals surface area contributed by atoms with E-state index in [1.54, 1.807) is 0 Å². The van der Waals surface area contributed by atoms with Crippen molar-refractivity contribution in [2.75, 3.05) is 40.0 Å².